The maximum absolute atomic E-state index is 2.57. The summed E-state index contributed by atoms with van der Waals surface area (Å²) in [5.74, 6) is 0. The molecule has 0 nitrogen and oxygen atoms in total. The molecule has 32 aliphatic rings. The summed E-state index contributed by atoms with van der Waals surface area (Å²) in [6.45, 7) is 0. The molecule has 32 aliphatic heterocycles. The van der Waals surface area contributed by atoms with E-state index in [1.54, 1.807) is 0 Å². The molecule has 32 heterocycles. The molecular weight excluding hydrogens is 3100 g/mol. The molecule has 340 valence electrons. The van der Waals surface area contributed by atoms with Gasteiger partial charge in [0, 0.05) is 0 Å². The van der Waals surface area contributed by atoms with Crippen molar-refractivity contribution in [2.45, 2.75) is 0 Å². The van der Waals surface area contributed by atoms with Crippen molar-refractivity contribution in [1.82, 2.24) is 0 Å². The van der Waals surface area contributed by atoms with Crippen LogP contribution in [0.25, 0.3) is 0 Å². The fourth-order valence-corrected chi connectivity index (χ4v) is 4460. The van der Waals surface area contributed by atoms with Gasteiger partial charge in [-0.3, -0.25) is 0 Å². The van der Waals surface area contributed by atoms with Crippen molar-refractivity contribution in [2.24, 2.45) is 0 Å². The molecule has 0 aliphatic carbocycles. The maximum Gasteiger partial charge on any atom is 1.00 e. The van der Waals surface area contributed by atoms with Crippen LogP contribution < -0.4 is 34.0 Å². The van der Waals surface area contributed by atoms with Crippen LogP contribution in [-0.4, -0.2) is 225 Å². The summed E-state index contributed by atoms with van der Waals surface area (Å²) >= 11 is 0. The maximum atomic E-state index is 2.57. The molecule has 0 aromatic heterocycles. The Hall–Kier alpha value is 27.2. The van der Waals surface area contributed by atoms with Crippen LogP contribution in [0.2, 0.25) is 0 Å². The van der Waals surface area contributed by atoms with E-state index in [1.807, 2.05) is 0 Å². The summed E-state index contributed by atoms with van der Waals surface area (Å²) in [5.41, 5.74) is 2.43. The summed E-state index contributed by atoms with van der Waals surface area (Å²) in [5, 5.41) is 0. The molecule has 0 amide bonds. The molecule has 32 fully saturated rings. The summed E-state index contributed by atoms with van der Waals surface area (Å²) in [7, 11) is 67.0. The molecule has 32 bridgehead atoms. The van der Waals surface area contributed by atoms with Gasteiger partial charge < -0.3 is 34.0 Å². The van der Waals surface area contributed by atoms with E-state index < -0.39 is 0 Å². The average molecular weight is 3110 g/mol. The van der Waals surface area contributed by atoms with Crippen LogP contribution in [0.1, 0.15) is 0 Å². The van der Waals surface area contributed by atoms with Gasteiger partial charge in [0.15, 0.2) is 0 Å². The standard InChI is InChI=1S/8As3PS3.2BrH.2Cu/c8*5-1-2-3(1)7-4(5)6-2;;;;/h;;;;;;;;2*1H;;/q;;;;;;;;;;2*+1/p+6. The Kier molecular flexibility index (Phi) is 31.7. The molecule has 0 spiro atoms. The van der Waals surface area contributed by atoms with E-state index in [0.717, 1.165) is 0 Å². The molecule has 60 heavy (non-hydrogen) atoms. The molecular formula is H8As24Br2Cu2P8S24+8. The molecule has 0 aromatic rings. The van der Waals surface area contributed by atoms with E-state index in [9.17, 15) is 0 Å². The van der Waals surface area contributed by atoms with E-state index in [1.165, 1.54) is 0 Å². The van der Waals surface area contributed by atoms with Crippen LogP contribution >= 0.6 is 276 Å². The molecule has 0 saturated carbocycles. The van der Waals surface area contributed by atoms with Crippen molar-refractivity contribution < 1.29 is 68.1 Å². The Morgan fingerprint density at radius 1 is 0.133 bits per heavy atom. The second-order valence-corrected chi connectivity index (χ2v) is 775. The fraction of sp³-hybridized carbons (Fsp3) is 0. The zero-order valence-corrected chi connectivity index (χ0v) is 104. The quantitative estimate of drug-likeness (QED) is 0.232. The van der Waals surface area contributed by atoms with Gasteiger partial charge in [-0.15, -0.1) is 0 Å². The van der Waals surface area contributed by atoms with Crippen LogP contribution in [-0.2, 0) is 34.1 Å². The van der Waals surface area contributed by atoms with E-state index in [2.05, 4.69) is 231 Å². The third-order valence-corrected chi connectivity index (χ3v) is 1760. The van der Waals surface area contributed by atoms with E-state index in [0.29, 0.717) is 44.2 Å². The Bertz CT molecular complexity index is 1170. The van der Waals surface area contributed by atoms with Crippen molar-refractivity contribution >= 4 is 500 Å². The Morgan fingerprint density at radius 2 is 0.183 bits per heavy atom. The van der Waals surface area contributed by atoms with Gasteiger partial charge in [0.1, 0.15) is 0 Å². The first-order valence-corrected chi connectivity index (χ1v) is 242. The van der Waals surface area contributed by atoms with Crippen LogP contribution in [0.5, 0.6) is 0 Å². The van der Waals surface area contributed by atoms with Crippen molar-refractivity contribution in [3.8, 4) is 0 Å². The van der Waals surface area contributed by atoms with Crippen molar-refractivity contribution in [3.63, 3.8) is 0 Å². The number of rotatable bonds is 0. The summed E-state index contributed by atoms with van der Waals surface area (Å²) in [6, 6.07) is 0. The molecule has 0 unspecified atom stereocenters. The van der Waals surface area contributed by atoms with Crippen LogP contribution in [0.4, 0.5) is 0 Å². The van der Waals surface area contributed by atoms with Crippen LogP contribution in [0, 0.1) is 0 Å². The largest absolute Gasteiger partial charge is 1.00 e. The minimum Gasteiger partial charge on any atom is -1.00 e. The van der Waals surface area contributed by atoms with Crippen molar-refractivity contribution in [3.05, 3.63) is 0 Å². The normalized spacial score (nSPS) is 67.2. The van der Waals surface area contributed by atoms with E-state index in [-0.39, 0.29) is 293 Å². The van der Waals surface area contributed by atoms with Gasteiger partial charge in [0.05, 0.1) is 0 Å². The first-order chi connectivity index (χ1) is 27.6. The SMILES string of the molecule is S1[PH+]2S[As]3[As]1[As]3S2.S1[PH+]2S[As]3[As]1[As]3S2.S1[PH+]2S[As]3[As]1[As]3S2.S1[PH+]2S[As]3[As]1[As]3S2.S1[PH+]2S[As]3[As]1[As]3S2.S1[PH+]2S[As]3[As]1[As]3S2.S1[PH+]2S[As]3[As]1[As]3S2.S1[PH+]2S[As]3[As]1[As]3S2.[Br-].[Br-].[Cu+].[Cu+]. The van der Waals surface area contributed by atoms with E-state index in [4.69, 9.17) is 0 Å². The molecule has 0 N–H and O–H groups in total. The Morgan fingerprint density at radius 3 is 0.200 bits per heavy atom. The number of halogens is 2. The monoisotopic (exact) mass is 3100 g/mol. The minimum absolute atomic E-state index is 0. The van der Waals surface area contributed by atoms with Gasteiger partial charge in [-0.2, -0.15) is 0 Å². The van der Waals surface area contributed by atoms with E-state index >= 15 is 0 Å². The van der Waals surface area contributed by atoms with Crippen molar-refractivity contribution in [1.29, 1.82) is 0 Å². The molecule has 32 rings (SSSR count). The summed E-state index contributed by atoms with van der Waals surface area (Å²) < 4.78 is 0. The minimum atomic E-state index is 0. The van der Waals surface area contributed by atoms with Gasteiger partial charge >= 0.3 is 535 Å². The Balaban J connectivity index is 0.0000000699. The topological polar surface area (TPSA) is 0 Å². The van der Waals surface area contributed by atoms with Gasteiger partial charge in [-0.25, -0.2) is 0 Å². The van der Waals surface area contributed by atoms with Crippen LogP contribution in [0.15, 0.2) is 0 Å². The predicted octanol–water partition coefficient (Wildman–Crippen LogP) is 5.17. The Labute approximate surface area is 547 Å². The number of hydrogen-bond donors (Lipinski definition) is 0. The third-order valence-electron chi connectivity index (χ3n) is 7.02. The fourth-order valence-electron chi connectivity index (χ4n) is 4.43. The molecule has 0 aromatic carbocycles. The first kappa shape index (κ1) is 65.9. The van der Waals surface area contributed by atoms with Gasteiger partial charge in [-0.05, 0) is 0 Å². The summed E-state index contributed by atoms with van der Waals surface area (Å²) in [4.78, 5) is 0. The zero-order chi connectivity index (χ0) is 35.4. The van der Waals surface area contributed by atoms with Crippen molar-refractivity contribution in [2.75, 3.05) is 0 Å². The second-order valence-electron chi connectivity index (χ2n) is 10.3. The first-order valence-electron chi connectivity index (χ1n) is 14.1. The average Bonchev–Trinajstić information content (AvgIpc) is 4.05. The molecule has 60 heteroatoms. The second kappa shape index (κ2) is 28.9. The van der Waals surface area contributed by atoms with Gasteiger partial charge in [0.2, 0.25) is 0 Å². The van der Waals surface area contributed by atoms with Gasteiger partial charge in [0.25, 0.3) is 0 Å². The molecule has 0 atom stereocenters. The number of hydrogen-bond acceptors (Lipinski definition) is 24. The molecule has 32 saturated heterocycles. The van der Waals surface area contributed by atoms with Crippen LogP contribution in [0.3, 0.4) is 0 Å². The predicted molar refractivity (Wildman–Crippen MR) is 387 cm³/mol. The zero-order valence-electron chi connectivity index (χ0n) is 25.9. The third kappa shape index (κ3) is 14.6. The van der Waals surface area contributed by atoms with Gasteiger partial charge in [-0.1, -0.05) is 0 Å². The molecule has 0 radical (unpaired) electrons. The smallest absolute Gasteiger partial charge is 1.00 e. The summed E-state index contributed by atoms with van der Waals surface area (Å²) in [6.07, 6.45) is 0.